The van der Waals surface area contributed by atoms with Crippen LogP contribution in [0.25, 0.3) is 0 Å². The van der Waals surface area contributed by atoms with Gasteiger partial charge in [0, 0.05) is 19.3 Å². The number of ether oxygens (including phenoxy) is 1. The van der Waals surface area contributed by atoms with Crippen LogP contribution in [0.4, 0.5) is 0 Å². The number of esters is 1. The van der Waals surface area contributed by atoms with E-state index in [1.807, 2.05) is 6.92 Å². The maximum absolute atomic E-state index is 11.9. The number of aliphatic hydroxyl groups is 1. The molecule has 0 amide bonds. The molecule has 0 aromatic heterocycles. The highest BCUT2D eigenvalue weighted by Gasteiger charge is 2.40. The van der Waals surface area contributed by atoms with E-state index in [-0.39, 0.29) is 18.3 Å². The number of carbonyl (C=O) groups excluding carboxylic acids is 1. The molecule has 0 aliphatic heterocycles. The van der Waals surface area contributed by atoms with Gasteiger partial charge in [-0.3, -0.25) is 9.59 Å². The van der Waals surface area contributed by atoms with Gasteiger partial charge in [-0.25, -0.2) is 0 Å². The van der Waals surface area contributed by atoms with Gasteiger partial charge >= 0.3 is 11.9 Å². The minimum atomic E-state index is -0.800. The summed E-state index contributed by atoms with van der Waals surface area (Å²) in [5, 5.41) is 18.8. The first-order valence-electron chi connectivity index (χ1n) is 8.35. The molecule has 1 aliphatic rings. The molecule has 0 radical (unpaired) electrons. The van der Waals surface area contributed by atoms with Crippen molar-refractivity contribution in [3.63, 3.8) is 0 Å². The molecule has 22 heavy (non-hydrogen) atoms. The highest BCUT2D eigenvalue weighted by Crippen LogP contribution is 2.38. The van der Waals surface area contributed by atoms with Crippen LogP contribution in [-0.4, -0.2) is 33.9 Å². The smallest absolute Gasteiger partial charge is 0.306 e. The van der Waals surface area contributed by atoms with Crippen LogP contribution in [-0.2, 0) is 14.3 Å². The molecule has 5 heteroatoms. The second kappa shape index (κ2) is 8.51. The quantitative estimate of drug-likeness (QED) is 0.531. The van der Waals surface area contributed by atoms with E-state index in [1.54, 1.807) is 0 Å². The van der Waals surface area contributed by atoms with Crippen LogP contribution in [0, 0.1) is 11.8 Å². The van der Waals surface area contributed by atoms with Crippen molar-refractivity contribution in [3.05, 3.63) is 0 Å². The molecule has 3 atom stereocenters. The van der Waals surface area contributed by atoms with E-state index in [1.165, 1.54) is 0 Å². The van der Waals surface area contributed by atoms with E-state index in [0.717, 1.165) is 19.3 Å². The number of rotatable bonds is 8. The Morgan fingerprint density at radius 2 is 1.86 bits per heavy atom. The maximum atomic E-state index is 11.9. The van der Waals surface area contributed by atoms with E-state index in [4.69, 9.17) is 9.84 Å². The second-order valence-corrected chi connectivity index (χ2v) is 7.10. The van der Waals surface area contributed by atoms with E-state index in [9.17, 15) is 14.7 Å². The molecule has 0 heterocycles. The first-order chi connectivity index (χ1) is 10.2. The topological polar surface area (TPSA) is 83.8 Å². The fourth-order valence-electron chi connectivity index (χ4n) is 3.28. The van der Waals surface area contributed by atoms with Crippen molar-refractivity contribution in [1.82, 2.24) is 0 Å². The third-order valence-electron chi connectivity index (χ3n) is 4.63. The third kappa shape index (κ3) is 6.34. The lowest BCUT2D eigenvalue weighted by Crippen LogP contribution is -2.44. The van der Waals surface area contributed by atoms with Gasteiger partial charge in [0.05, 0.1) is 6.10 Å². The Morgan fingerprint density at radius 1 is 1.23 bits per heavy atom. The van der Waals surface area contributed by atoms with Gasteiger partial charge < -0.3 is 14.9 Å². The molecule has 2 N–H and O–H groups in total. The van der Waals surface area contributed by atoms with E-state index in [2.05, 4.69) is 13.8 Å². The molecule has 1 rings (SSSR count). The van der Waals surface area contributed by atoms with Gasteiger partial charge in [0.25, 0.3) is 0 Å². The van der Waals surface area contributed by atoms with Gasteiger partial charge in [0.2, 0.25) is 0 Å². The number of carboxylic acid groups (broad SMARTS) is 1. The average Bonchev–Trinajstić information content (AvgIpc) is 2.36. The van der Waals surface area contributed by atoms with Gasteiger partial charge in [0.15, 0.2) is 0 Å². The lowest BCUT2D eigenvalue weighted by atomic mass is 9.73. The molecular formula is C17H30O5. The predicted molar refractivity (Wildman–Crippen MR) is 83.4 cm³/mol. The number of unbranched alkanes of at least 4 members (excludes halogenated alkanes) is 2. The Labute approximate surface area is 133 Å². The number of aliphatic carboxylic acids is 1. The standard InChI is InChI=1S/C17H30O5/c1-12(2)13-9-10-17(3,11-14(13)18)22-16(21)8-6-4-5-7-15(19)20/h12-14,18H,4-11H2,1-3H3,(H,19,20)/t13-,14+,17-/m1/s1. The Balaban J connectivity index is 2.30. The zero-order valence-corrected chi connectivity index (χ0v) is 14.0. The lowest BCUT2D eigenvalue weighted by molar-refractivity contribution is -0.168. The summed E-state index contributed by atoms with van der Waals surface area (Å²) in [6, 6.07) is 0. The van der Waals surface area contributed by atoms with Crippen LogP contribution in [0.5, 0.6) is 0 Å². The first-order valence-corrected chi connectivity index (χ1v) is 8.35. The summed E-state index contributed by atoms with van der Waals surface area (Å²) >= 11 is 0. The van der Waals surface area contributed by atoms with Gasteiger partial charge in [0.1, 0.15) is 5.60 Å². The molecular weight excluding hydrogens is 284 g/mol. The molecule has 0 aromatic rings. The largest absolute Gasteiger partial charge is 0.481 e. The van der Waals surface area contributed by atoms with Crippen LogP contribution in [0.2, 0.25) is 0 Å². The fourth-order valence-corrected chi connectivity index (χ4v) is 3.28. The fraction of sp³-hybridized carbons (Fsp3) is 0.882. The molecule has 0 bridgehead atoms. The number of hydrogen-bond donors (Lipinski definition) is 2. The summed E-state index contributed by atoms with van der Waals surface area (Å²) in [6.07, 6.45) is 4.18. The van der Waals surface area contributed by atoms with Gasteiger partial charge in [-0.05, 0) is 44.4 Å². The van der Waals surface area contributed by atoms with Crippen molar-refractivity contribution in [2.45, 2.75) is 83.8 Å². The highest BCUT2D eigenvalue weighted by molar-refractivity contribution is 5.70. The molecule has 1 saturated carbocycles. The number of carbonyl (C=O) groups is 2. The van der Waals surface area contributed by atoms with Crippen molar-refractivity contribution in [2.24, 2.45) is 11.8 Å². The van der Waals surface area contributed by atoms with Crippen LogP contribution in [0.1, 0.15) is 72.1 Å². The Bertz CT molecular complexity index is 379. The lowest BCUT2D eigenvalue weighted by Gasteiger charge is -2.41. The zero-order chi connectivity index (χ0) is 16.8. The molecule has 0 aromatic carbocycles. The minimum Gasteiger partial charge on any atom is -0.481 e. The highest BCUT2D eigenvalue weighted by atomic mass is 16.6. The molecule has 0 unspecified atom stereocenters. The summed E-state index contributed by atoms with van der Waals surface area (Å²) in [7, 11) is 0. The Morgan fingerprint density at radius 3 is 2.41 bits per heavy atom. The van der Waals surface area contributed by atoms with Gasteiger partial charge in [-0.15, -0.1) is 0 Å². The van der Waals surface area contributed by atoms with Crippen molar-refractivity contribution in [2.75, 3.05) is 0 Å². The summed E-state index contributed by atoms with van der Waals surface area (Å²) in [4.78, 5) is 22.3. The zero-order valence-electron chi connectivity index (χ0n) is 14.0. The maximum Gasteiger partial charge on any atom is 0.306 e. The monoisotopic (exact) mass is 314 g/mol. The SMILES string of the molecule is CC(C)[C@H]1CC[C@@](C)(OC(=O)CCCCCC(=O)O)C[C@@H]1O. The van der Waals surface area contributed by atoms with Crippen LogP contribution >= 0.6 is 0 Å². The summed E-state index contributed by atoms with van der Waals surface area (Å²) in [5.74, 6) is -0.328. The van der Waals surface area contributed by atoms with Crippen molar-refractivity contribution >= 4 is 11.9 Å². The van der Waals surface area contributed by atoms with Crippen LogP contribution in [0.15, 0.2) is 0 Å². The molecule has 128 valence electrons. The number of carboxylic acids is 1. The normalized spacial score (nSPS) is 28.6. The minimum absolute atomic E-state index is 0.148. The van der Waals surface area contributed by atoms with E-state index < -0.39 is 17.7 Å². The molecule has 0 spiro atoms. The first kappa shape index (κ1) is 18.9. The average molecular weight is 314 g/mol. The van der Waals surface area contributed by atoms with Crippen molar-refractivity contribution in [3.8, 4) is 0 Å². The Hall–Kier alpha value is -1.10. The van der Waals surface area contributed by atoms with E-state index in [0.29, 0.717) is 31.6 Å². The van der Waals surface area contributed by atoms with Gasteiger partial charge in [-0.2, -0.15) is 0 Å². The van der Waals surface area contributed by atoms with Crippen LogP contribution in [0.3, 0.4) is 0 Å². The predicted octanol–water partition coefficient (Wildman–Crippen LogP) is 3.14. The third-order valence-corrected chi connectivity index (χ3v) is 4.63. The van der Waals surface area contributed by atoms with Crippen LogP contribution < -0.4 is 0 Å². The molecule has 5 nitrogen and oxygen atoms in total. The van der Waals surface area contributed by atoms with Crippen molar-refractivity contribution in [1.29, 1.82) is 0 Å². The second-order valence-electron chi connectivity index (χ2n) is 7.10. The summed E-state index contributed by atoms with van der Waals surface area (Å²) < 4.78 is 5.59. The van der Waals surface area contributed by atoms with Crippen molar-refractivity contribution < 1.29 is 24.5 Å². The summed E-state index contributed by atoms with van der Waals surface area (Å²) in [5.41, 5.74) is -0.567. The van der Waals surface area contributed by atoms with E-state index >= 15 is 0 Å². The molecule has 1 fully saturated rings. The summed E-state index contributed by atoms with van der Waals surface area (Å²) in [6.45, 7) is 6.12. The number of aliphatic hydroxyl groups excluding tert-OH is 1. The molecule has 0 saturated heterocycles. The Kier molecular flexibility index (Phi) is 7.33. The number of hydrogen-bond acceptors (Lipinski definition) is 4. The molecule has 1 aliphatic carbocycles. The van der Waals surface area contributed by atoms with Gasteiger partial charge in [-0.1, -0.05) is 20.3 Å².